The highest BCUT2D eigenvalue weighted by molar-refractivity contribution is 5.84. The molecular weight excluding hydrogens is 283 g/mol. The number of alkyl halides is 3. The molecule has 0 aromatic heterocycles. The summed E-state index contributed by atoms with van der Waals surface area (Å²) >= 11 is 0. The van der Waals surface area contributed by atoms with Gasteiger partial charge in [0.15, 0.2) is 6.61 Å². The van der Waals surface area contributed by atoms with Crippen LogP contribution in [0.2, 0.25) is 0 Å². The molecule has 1 unspecified atom stereocenters. The maximum Gasteiger partial charge on any atom is 0.413 e. The molecule has 0 aliphatic heterocycles. The third-order valence-corrected chi connectivity index (χ3v) is 3.07. The Hall–Kier alpha value is -1.79. The Morgan fingerprint density at radius 2 is 1.76 bits per heavy atom. The lowest BCUT2D eigenvalue weighted by atomic mass is 10.0. The third-order valence-electron chi connectivity index (χ3n) is 3.07. The molecule has 0 saturated carbocycles. The Morgan fingerprint density at radius 1 is 1.10 bits per heavy atom. The predicted molar refractivity (Wildman–Crippen MR) is 74.1 cm³/mol. The third kappa shape index (κ3) is 4.34. The number of fused-ring (bicyclic) bond motifs is 1. The van der Waals surface area contributed by atoms with Crippen molar-refractivity contribution < 1.29 is 22.7 Å². The summed E-state index contributed by atoms with van der Waals surface area (Å²) < 4.78 is 41.2. The fourth-order valence-electron chi connectivity index (χ4n) is 1.96. The maximum atomic E-state index is 12.0. The van der Waals surface area contributed by atoms with Crippen LogP contribution >= 0.6 is 0 Å². The molecule has 114 valence electrons. The van der Waals surface area contributed by atoms with Gasteiger partial charge >= 0.3 is 6.18 Å². The molecule has 0 spiro atoms. The second kappa shape index (κ2) is 6.32. The summed E-state index contributed by atoms with van der Waals surface area (Å²) in [4.78, 5) is 4.47. The van der Waals surface area contributed by atoms with Crippen molar-refractivity contribution in [1.82, 2.24) is 5.48 Å². The smallest absolute Gasteiger partial charge is 0.413 e. The largest absolute Gasteiger partial charge is 0.497 e. The molecule has 0 aliphatic rings. The van der Waals surface area contributed by atoms with Crippen molar-refractivity contribution in [3.8, 4) is 5.75 Å². The monoisotopic (exact) mass is 299 g/mol. The lowest BCUT2D eigenvalue weighted by molar-refractivity contribution is -0.192. The highest BCUT2D eigenvalue weighted by atomic mass is 19.4. The van der Waals surface area contributed by atoms with Crippen LogP contribution in [0.1, 0.15) is 18.5 Å². The summed E-state index contributed by atoms with van der Waals surface area (Å²) in [5, 5.41) is 1.99. The van der Waals surface area contributed by atoms with E-state index in [1.807, 2.05) is 36.4 Å². The van der Waals surface area contributed by atoms with Crippen LogP contribution in [0.25, 0.3) is 10.8 Å². The number of methoxy groups -OCH3 is 1. The molecule has 2 aromatic carbocycles. The first-order valence-corrected chi connectivity index (χ1v) is 6.41. The summed E-state index contributed by atoms with van der Waals surface area (Å²) in [7, 11) is 1.60. The van der Waals surface area contributed by atoms with E-state index in [1.54, 1.807) is 14.0 Å². The molecule has 0 bridgehead atoms. The van der Waals surface area contributed by atoms with E-state index in [-0.39, 0.29) is 6.04 Å². The Bertz CT molecular complexity index is 613. The van der Waals surface area contributed by atoms with Crippen LogP contribution in [0.4, 0.5) is 13.2 Å². The number of halogens is 3. The van der Waals surface area contributed by atoms with Crippen molar-refractivity contribution in [1.29, 1.82) is 0 Å². The lowest BCUT2D eigenvalue weighted by Gasteiger charge is -2.16. The second-order valence-corrected chi connectivity index (χ2v) is 4.72. The normalized spacial score (nSPS) is 13.4. The number of benzene rings is 2. The molecule has 1 N–H and O–H groups in total. The molecule has 0 amide bonds. The Morgan fingerprint density at radius 3 is 2.43 bits per heavy atom. The molecule has 0 aliphatic carbocycles. The summed E-state index contributed by atoms with van der Waals surface area (Å²) in [6, 6.07) is 10.9. The molecular formula is C15H16F3NO2. The zero-order valence-corrected chi connectivity index (χ0v) is 11.7. The zero-order valence-electron chi connectivity index (χ0n) is 11.7. The van der Waals surface area contributed by atoms with E-state index < -0.39 is 12.8 Å². The first kappa shape index (κ1) is 15.6. The molecule has 2 aromatic rings. The quantitative estimate of drug-likeness (QED) is 0.847. The van der Waals surface area contributed by atoms with E-state index >= 15 is 0 Å². The minimum absolute atomic E-state index is 0.348. The predicted octanol–water partition coefficient (Wildman–Crippen LogP) is 3.99. The van der Waals surface area contributed by atoms with Crippen LogP contribution in [-0.4, -0.2) is 19.9 Å². The number of nitrogens with one attached hydrogen (secondary N) is 1. The van der Waals surface area contributed by atoms with Gasteiger partial charge in [-0.3, -0.25) is 4.84 Å². The first-order chi connectivity index (χ1) is 9.89. The number of rotatable bonds is 5. The van der Waals surface area contributed by atoms with Crippen LogP contribution in [0.15, 0.2) is 36.4 Å². The fourth-order valence-corrected chi connectivity index (χ4v) is 1.96. The SMILES string of the molecule is COc1ccc2cc(C(C)NOCC(F)(F)F)ccc2c1. The van der Waals surface area contributed by atoms with Gasteiger partial charge in [-0.15, -0.1) is 0 Å². The molecule has 1 atom stereocenters. The summed E-state index contributed by atoms with van der Waals surface area (Å²) in [5.74, 6) is 0.759. The fraction of sp³-hybridized carbons (Fsp3) is 0.333. The summed E-state index contributed by atoms with van der Waals surface area (Å²) in [6.45, 7) is 0.420. The minimum atomic E-state index is -4.34. The number of hydroxylamine groups is 1. The first-order valence-electron chi connectivity index (χ1n) is 6.41. The van der Waals surface area contributed by atoms with Crippen molar-refractivity contribution in [3.63, 3.8) is 0 Å². The van der Waals surface area contributed by atoms with Crippen molar-refractivity contribution in [3.05, 3.63) is 42.0 Å². The van der Waals surface area contributed by atoms with Crippen molar-refractivity contribution in [2.75, 3.05) is 13.7 Å². The van der Waals surface area contributed by atoms with Gasteiger partial charge < -0.3 is 4.74 Å². The van der Waals surface area contributed by atoms with Crippen molar-refractivity contribution >= 4 is 10.8 Å². The van der Waals surface area contributed by atoms with Gasteiger partial charge in [-0.1, -0.05) is 18.2 Å². The van der Waals surface area contributed by atoms with E-state index in [0.717, 1.165) is 22.1 Å². The van der Waals surface area contributed by atoms with Crippen LogP contribution < -0.4 is 10.2 Å². The van der Waals surface area contributed by atoms with Crippen LogP contribution in [-0.2, 0) is 4.84 Å². The Balaban J connectivity index is 2.08. The van der Waals surface area contributed by atoms with Crippen LogP contribution in [0.5, 0.6) is 5.75 Å². The van der Waals surface area contributed by atoms with E-state index in [4.69, 9.17) is 4.74 Å². The van der Waals surface area contributed by atoms with E-state index in [1.165, 1.54) is 0 Å². The van der Waals surface area contributed by atoms with E-state index in [0.29, 0.717) is 0 Å². The van der Waals surface area contributed by atoms with Gasteiger partial charge in [0.1, 0.15) is 5.75 Å². The van der Waals surface area contributed by atoms with Crippen molar-refractivity contribution in [2.45, 2.75) is 19.1 Å². The van der Waals surface area contributed by atoms with Gasteiger partial charge in [-0.05, 0) is 41.5 Å². The molecule has 2 rings (SSSR count). The van der Waals surface area contributed by atoms with Gasteiger partial charge in [0.2, 0.25) is 0 Å². The zero-order chi connectivity index (χ0) is 15.5. The van der Waals surface area contributed by atoms with Gasteiger partial charge in [0, 0.05) is 0 Å². The Labute approximate surface area is 120 Å². The van der Waals surface area contributed by atoms with Gasteiger partial charge in [0.25, 0.3) is 0 Å². The van der Waals surface area contributed by atoms with Crippen molar-refractivity contribution in [2.24, 2.45) is 0 Å². The lowest BCUT2D eigenvalue weighted by Crippen LogP contribution is -2.26. The minimum Gasteiger partial charge on any atom is -0.497 e. The van der Waals surface area contributed by atoms with E-state index in [9.17, 15) is 13.2 Å². The number of hydrogen-bond donors (Lipinski definition) is 1. The summed E-state index contributed by atoms with van der Waals surface area (Å²) in [5.41, 5.74) is 3.24. The van der Waals surface area contributed by atoms with E-state index in [2.05, 4.69) is 10.3 Å². The second-order valence-electron chi connectivity index (χ2n) is 4.72. The maximum absolute atomic E-state index is 12.0. The summed E-state index contributed by atoms with van der Waals surface area (Å²) in [6.07, 6.45) is -4.34. The molecule has 0 heterocycles. The average Bonchev–Trinajstić information content (AvgIpc) is 2.44. The highest BCUT2D eigenvalue weighted by Crippen LogP contribution is 2.24. The molecule has 21 heavy (non-hydrogen) atoms. The van der Waals surface area contributed by atoms with Crippen LogP contribution in [0, 0.1) is 0 Å². The number of hydrogen-bond acceptors (Lipinski definition) is 3. The molecule has 6 heteroatoms. The van der Waals surface area contributed by atoms with Gasteiger partial charge in [-0.2, -0.15) is 18.7 Å². The van der Waals surface area contributed by atoms with Gasteiger partial charge in [0.05, 0.1) is 13.2 Å². The Kier molecular flexibility index (Phi) is 4.69. The van der Waals surface area contributed by atoms with Crippen LogP contribution in [0.3, 0.4) is 0 Å². The number of ether oxygens (including phenoxy) is 1. The van der Waals surface area contributed by atoms with Gasteiger partial charge in [-0.25, -0.2) is 0 Å². The average molecular weight is 299 g/mol. The molecule has 0 radical (unpaired) electrons. The molecule has 3 nitrogen and oxygen atoms in total. The molecule has 0 saturated heterocycles. The molecule has 0 fully saturated rings. The standard InChI is InChI=1S/C15H16F3NO2/c1-10(19-21-9-15(16,17)18)11-3-4-13-8-14(20-2)6-5-12(13)7-11/h3-8,10,19H,9H2,1-2H3. The topological polar surface area (TPSA) is 30.5 Å². The highest BCUT2D eigenvalue weighted by Gasteiger charge is 2.28.